The Kier molecular flexibility index (Phi) is 3.88. The molecule has 0 aliphatic carbocycles. The molecule has 9 nitrogen and oxygen atoms in total. The van der Waals surface area contributed by atoms with Crippen LogP contribution in [0, 0.1) is 0 Å². The van der Waals surface area contributed by atoms with Crippen molar-refractivity contribution in [3.05, 3.63) is 12.7 Å². The second-order valence-electron chi connectivity index (χ2n) is 4.91. The smallest absolute Gasteiger partial charge is 0.258 e. The molecule has 3 N–H and O–H groups in total. The van der Waals surface area contributed by atoms with Gasteiger partial charge in [0.25, 0.3) is 5.95 Å². The molecule has 0 radical (unpaired) electrons. The van der Waals surface area contributed by atoms with Crippen LogP contribution in [0.3, 0.4) is 0 Å². The zero-order chi connectivity index (χ0) is 14.8. The maximum Gasteiger partial charge on any atom is 0.258 e. The standard InChI is InChI=1S/C11H17N9S/c1-7-3-19(4-8(2)21-7)10-15-9(18-12)16-11(17-10)20-6-13-5-14-20/h5-8H,3-4,12H2,1-2H3,(H,15,16,17,18). The molecule has 3 rings (SSSR count). The van der Waals surface area contributed by atoms with Gasteiger partial charge in [-0.15, -0.1) is 0 Å². The van der Waals surface area contributed by atoms with Gasteiger partial charge in [0, 0.05) is 23.6 Å². The summed E-state index contributed by atoms with van der Waals surface area (Å²) in [6, 6.07) is 0. The van der Waals surface area contributed by atoms with Gasteiger partial charge < -0.3 is 4.90 Å². The summed E-state index contributed by atoms with van der Waals surface area (Å²) in [5.41, 5.74) is 2.48. The average molecular weight is 307 g/mol. The van der Waals surface area contributed by atoms with Crippen molar-refractivity contribution in [2.24, 2.45) is 5.84 Å². The third kappa shape index (κ3) is 3.05. The molecule has 0 saturated carbocycles. The molecule has 1 fully saturated rings. The van der Waals surface area contributed by atoms with Crippen LogP contribution in [-0.4, -0.2) is 53.3 Å². The van der Waals surface area contributed by atoms with Crippen LogP contribution in [0.5, 0.6) is 0 Å². The van der Waals surface area contributed by atoms with E-state index in [-0.39, 0.29) is 0 Å². The highest BCUT2D eigenvalue weighted by Crippen LogP contribution is 2.27. The van der Waals surface area contributed by atoms with Crippen LogP contribution in [0.4, 0.5) is 11.9 Å². The molecule has 0 bridgehead atoms. The van der Waals surface area contributed by atoms with E-state index in [1.807, 2.05) is 11.8 Å². The SMILES string of the molecule is CC1CN(c2nc(NN)nc(-n3cncn3)n2)CC(C)S1. The summed E-state index contributed by atoms with van der Waals surface area (Å²) in [7, 11) is 0. The lowest BCUT2D eigenvalue weighted by atomic mass is 10.3. The fourth-order valence-corrected chi connectivity index (χ4v) is 3.64. The van der Waals surface area contributed by atoms with Gasteiger partial charge in [0.05, 0.1) is 0 Å². The normalized spacial score (nSPS) is 22.3. The van der Waals surface area contributed by atoms with Crippen LogP contribution in [-0.2, 0) is 0 Å². The Morgan fingerprint density at radius 2 is 1.90 bits per heavy atom. The lowest BCUT2D eigenvalue weighted by Gasteiger charge is -2.34. The molecular formula is C11H17N9S. The Labute approximate surface area is 126 Å². The minimum absolute atomic E-state index is 0.309. The molecule has 2 atom stereocenters. The number of rotatable bonds is 3. The molecule has 3 heterocycles. The highest BCUT2D eigenvalue weighted by molar-refractivity contribution is 8.00. The molecular weight excluding hydrogens is 290 g/mol. The van der Waals surface area contributed by atoms with Crippen LogP contribution in [0.15, 0.2) is 12.7 Å². The molecule has 1 saturated heterocycles. The number of nitrogen functional groups attached to an aromatic ring is 1. The van der Waals surface area contributed by atoms with Gasteiger partial charge >= 0.3 is 0 Å². The van der Waals surface area contributed by atoms with E-state index in [4.69, 9.17) is 5.84 Å². The van der Waals surface area contributed by atoms with Gasteiger partial charge in [0.1, 0.15) is 12.7 Å². The van der Waals surface area contributed by atoms with E-state index in [0.717, 1.165) is 13.1 Å². The van der Waals surface area contributed by atoms with Crippen LogP contribution in [0.25, 0.3) is 5.95 Å². The summed E-state index contributed by atoms with van der Waals surface area (Å²) in [5, 5.41) is 5.09. The summed E-state index contributed by atoms with van der Waals surface area (Å²) in [6.07, 6.45) is 2.97. The fourth-order valence-electron chi connectivity index (χ4n) is 2.32. The maximum atomic E-state index is 5.45. The molecule has 0 aromatic carbocycles. The Bertz CT molecular complexity index is 592. The zero-order valence-electron chi connectivity index (χ0n) is 11.8. The first-order valence-electron chi connectivity index (χ1n) is 6.64. The largest absolute Gasteiger partial charge is 0.338 e. The Balaban J connectivity index is 1.96. The minimum atomic E-state index is 0.309. The van der Waals surface area contributed by atoms with Crippen LogP contribution in [0.2, 0.25) is 0 Å². The minimum Gasteiger partial charge on any atom is -0.338 e. The molecule has 2 aromatic rings. The average Bonchev–Trinajstić information content (AvgIpc) is 3.00. The molecule has 0 spiro atoms. The first-order chi connectivity index (χ1) is 10.2. The van der Waals surface area contributed by atoms with Crippen molar-refractivity contribution >= 4 is 23.7 Å². The van der Waals surface area contributed by atoms with Gasteiger partial charge in [-0.2, -0.15) is 36.5 Å². The molecule has 2 aromatic heterocycles. The predicted molar refractivity (Wildman–Crippen MR) is 81.3 cm³/mol. The summed E-state index contributed by atoms with van der Waals surface area (Å²) < 4.78 is 1.48. The summed E-state index contributed by atoms with van der Waals surface area (Å²) >= 11 is 1.97. The van der Waals surface area contributed by atoms with Crippen molar-refractivity contribution in [3.63, 3.8) is 0 Å². The first kappa shape index (κ1) is 14.0. The third-order valence-corrected chi connectivity index (χ3v) is 4.29. The molecule has 112 valence electrons. The Morgan fingerprint density at radius 3 is 2.52 bits per heavy atom. The number of nitrogens with two attached hydrogens (primary N) is 1. The molecule has 1 aliphatic rings. The van der Waals surface area contributed by atoms with E-state index >= 15 is 0 Å². The second-order valence-corrected chi connectivity index (χ2v) is 6.79. The van der Waals surface area contributed by atoms with E-state index in [1.54, 1.807) is 0 Å². The number of nitrogens with one attached hydrogen (secondary N) is 1. The van der Waals surface area contributed by atoms with Crippen molar-refractivity contribution in [2.75, 3.05) is 23.4 Å². The van der Waals surface area contributed by atoms with E-state index < -0.39 is 0 Å². The van der Waals surface area contributed by atoms with E-state index in [0.29, 0.717) is 28.3 Å². The third-order valence-electron chi connectivity index (χ3n) is 3.07. The molecule has 0 amide bonds. The predicted octanol–water partition coefficient (Wildman–Crippen LogP) is 0.0681. The molecule has 2 unspecified atom stereocenters. The summed E-state index contributed by atoms with van der Waals surface area (Å²) in [6.45, 7) is 6.18. The fraction of sp³-hybridized carbons (Fsp3) is 0.545. The highest BCUT2D eigenvalue weighted by Gasteiger charge is 2.25. The monoisotopic (exact) mass is 307 g/mol. The Morgan fingerprint density at radius 1 is 1.19 bits per heavy atom. The number of anilines is 2. The second kappa shape index (κ2) is 5.82. The summed E-state index contributed by atoms with van der Waals surface area (Å²) in [4.78, 5) is 19.1. The summed E-state index contributed by atoms with van der Waals surface area (Å²) in [5.74, 6) is 6.76. The Hall–Kier alpha value is -1.94. The molecule has 21 heavy (non-hydrogen) atoms. The van der Waals surface area contributed by atoms with Gasteiger partial charge in [0.2, 0.25) is 11.9 Å². The van der Waals surface area contributed by atoms with E-state index in [1.165, 1.54) is 17.3 Å². The van der Waals surface area contributed by atoms with Gasteiger partial charge in [-0.1, -0.05) is 13.8 Å². The van der Waals surface area contributed by atoms with Crippen molar-refractivity contribution in [2.45, 2.75) is 24.3 Å². The topological polar surface area (TPSA) is 111 Å². The first-order valence-corrected chi connectivity index (χ1v) is 7.58. The van der Waals surface area contributed by atoms with Crippen LogP contribution < -0.4 is 16.2 Å². The van der Waals surface area contributed by atoms with Crippen molar-refractivity contribution in [1.29, 1.82) is 0 Å². The van der Waals surface area contributed by atoms with Crippen molar-refractivity contribution < 1.29 is 0 Å². The zero-order valence-corrected chi connectivity index (χ0v) is 12.7. The lowest BCUT2D eigenvalue weighted by Crippen LogP contribution is -2.41. The van der Waals surface area contributed by atoms with Crippen LogP contribution in [0.1, 0.15) is 13.8 Å². The van der Waals surface area contributed by atoms with E-state index in [2.05, 4.69) is 49.2 Å². The van der Waals surface area contributed by atoms with E-state index in [9.17, 15) is 0 Å². The van der Waals surface area contributed by atoms with Gasteiger partial charge in [0.15, 0.2) is 0 Å². The molecule has 1 aliphatic heterocycles. The number of aromatic nitrogens is 6. The lowest BCUT2D eigenvalue weighted by molar-refractivity contribution is 0.694. The number of hydrazine groups is 1. The van der Waals surface area contributed by atoms with Crippen LogP contribution >= 0.6 is 11.8 Å². The van der Waals surface area contributed by atoms with Gasteiger partial charge in [-0.25, -0.2) is 10.8 Å². The number of thioether (sulfide) groups is 1. The van der Waals surface area contributed by atoms with Crippen molar-refractivity contribution in [3.8, 4) is 5.95 Å². The number of hydrogen-bond acceptors (Lipinski definition) is 9. The van der Waals surface area contributed by atoms with Crippen molar-refractivity contribution in [1.82, 2.24) is 29.7 Å². The number of hydrogen-bond donors (Lipinski definition) is 2. The van der Waals surface area contributed by atoms with Gasteiger partial charge in [-0.05, 0) is 0 Å². The highest BCUT2D eigenvalue weighted by atomic mass is 32.2. The maximum absolute atomic E-state index is 5.45. The molecule has 10 heteroatoms. The quantitative estimate of drug-likeness (QED) is 0.601. The number of nitrogens with zero attached hydrogens (tertiary/aromatic N) is 7. The van der Waals surface area contributed by atoms with Gasteiger partial charge in [-0.3, -0.25) is 5.43 Å².